The van der Waals surface area contributed by atoms with Gasteiger partial charge in [0.1, 0.15) is 0 Å². The van der Waals surface area contributed by atoms with Crippen LogP contribution in [-0.4, -0.2) is 42.5 Å². The summed E-state index contributed by atoms with van der Waals surface area (Å²) in [6, 6.07) is 0. The van der Waals surface area contributed by atoms with Crippen LogP contribution in [-0.2, 0) is 0 Å². The fourth-order valence-electron chi connectivity index (χ4n) is 0.320. The molecule has 12 heavy (non-hydrogen) atoms. The molecule has 2 nitrogen and oxygen atoms in total. The van der Waals surface area contributed by atoms with Crippen LogP contribution in [0.15, 0.2) is 22.4 Å². The van der Waals surface area contributed by atoms with E-state index in [4.69, 9.17) is 10.2 Å². The van der Waals surface area contributed by atoms with E-state index in [2.05, 4.69) is 11.6 Å². The van der Waals surface area contributed by atoms with Crippen LogP contribution in [0.1, 0.15) is 0 Å². The van der Waals surface area contributed by atoms with Crippen molar-refractivity contribution in [3.05, 3.63) is 22.4 Å². The van der Waals surface area contributed by atoms with Crippen molar-refractivity contribution >= 4 is 35.8 Å². The van der Waals surface area contributed by atoms with Crippen LogP contribution in [0.5, 0.6) is 0 Å². The molecule has 0 saturated carbocycles. The summed E-state index contributed by atoms with van der Waals surface area (Å²) in [5.74, 6) is 0.611. The summed E-state index contributed by atoms with van der Waals surface area (Å²) >= 11 is 1.90. The zero-order valence-electron chi connectivity index (χ0n) is 6.55. The Morgan fingerprint density at radius 1 is 1.58 bits per heavy atom. The fourth-order valence-corrected chi connectivity index (χ4v) is 4.33. The second-order valence-corrected chi connectivity index (χ2v) is 6.70. The molecule has 5 heteroatoms. The van der Waals surface area contributed by atoms with Gasteiger partial charge in [0.25, 0.3) is 0 Å². The molecular weight excluding hydrogens is 259 g/mol. The van der Waals surface area contributed by atoms with Crippen molar-refractivity contribution in [2.75, 3.05) is 12.4 Å². The monoisotopic (exact) mass is 272 g/mol. The second-order valence-electron chi connectivity index (χ2n) is 1.79. The van der Waals surface area contributed by atoms with Crippen LogP contribution in [0.2, 0.25) is 0 Å². The van der Waals surface area contributed by atoms with Gasteiger partial charge in [-0.2, -0.15) is 0 Å². The summed E-state index contributed by atoms with van der Waals surface area (Å²) in [5.41, 5.74) is 0. The van der Waals surface area contributed by atoms with Crippen molar-refractivity contribution < 1.29 is 10.2 Å². The van der Waals surface area contributed by atoms with Gasteiger partial charge in [0.05, 0.1) is 0 Å². The van der Waals surface area contributed by atoms with E-state index in [1.54, 1.807) is 27.3 Å². The third kappa shape index (κ3) is 8.71. The van der Waals surface area contributed by atoms with Gasteiger partial charge >= 0.3 is 86.8 Å². The molecule has 0 saturated heterocycles. The van der Waals surface area contributed by atoms with Gasteiger partial charge in [-0.3, -0.25) is 0 Å². The zero-order valence-corrected chi connectivity index (χ0v) is 9.90. The second kappa shape index (κ2) is 9.71. The van der Waals surface area contributed by atoms with Crippen LogP contribution in [0, 0.1) is 0 Å². The molecule has 0 aromatic rings. The molecule has 0 aliphatic heterocycles. The number of aliphatic hydroxyl groups is 2. The molecule has 0 amide bonds. The number of hydrogen-bond donors (Lipinski definition) is 2. The van der Waals surface area contributed by atoms with Gasteiger partial charge in [0, 0.05) is 0 Å². The molecule has 0 bridgehead atoms. The molecule has 70 valence electrons. The van der Waals surface area contributed by atoms with Crippen molar-refractivity contribution in [3.63, 3.8) is 0 Å². The molecule has 0 heterocycles. The standard InChI is InChI=1S/C7H12O2S2Se/c1-2-10-3-4-12-11-6-7(9)5-8/h2-4,7-9H,1,5-6H2/b4-3-. The summed E-state index contributed by atoms with van der Waals surface area (Å²) in [6.07, 6.45) is -0.572. The Balaban J connectivity index is 3.14. The van der Waals surface area contributed by atoms with Gasteiger partial charge < -0.3 is 0 Å². The molecule has 0 aromatic carbocycles. The minimum absolute atomic E-state index is 0.145. The molecule has 1 atom stereocenters. The van der Waals surface area contributed by atoms with Crippen LogP contribution in [0.4, 0.5) is 0 Å². The number of thioether (sulfide) groups is 1. The topological polar surface area (TPSA) is 40.5 Å². The average Bonchev–Trinajstić information content (AvgIpc) is 2.10. The van der Waals surface area contributed by atoms with Gasteiger partial charge in [0.15, 0.2) is 0 Å². The Kier molecular flexibility index (Phi) is 10.2. The van der Waals surface area contributed by atoms with Crippen molar-refractivity contribution in [3.8, 4) is 0 Å². The molecule has 0 fully saturated rings. The predicted octanol–water partition coefficient (Wildman–Crippen LogP) is 1.04. The molecule has 2 N–H and O–H groups in total. The third-order valence-electron chi connectivity index (χ3n) is 0.825. The van der Waals surface area contributed by atoms with E-state index in [-0.39, 0.29) is 6.61 Å². The van der Waals surface area contributed by atoms with Crippen molar-refractivity contribution in [1.82, 2.24) is 0 Å². The van der Waals surface area contributed by atoms with Crippen LogP contribution < -0.4 is 0 Å². The molecule has 0 aliphatic carbocycles. The Bertz CT molecular complexity index is 141. The molecule has 0 radical (unpaired) electrons. The molecule has 0 aliphatic rings. The molecule has 0 aromatic heterocycles. The molecule has 0 rings (SSSR count). The Morgan fingerprint density at radius 3 is 2.92 bits per heavy atom. The Morgan fingerprint density at radius 2 is 2.33 bits per heavy atom. The summed E-state index contributed by atoms with van der Waals surface area (Å²) in [7, 11) is 1.65. The first-order valence-electron chi connectivity index (χ1n) is 3.29. The van der Waals surface area contributed by atoms with Gasteiger partial charge in [-0.05, 0) is 0 Å². The van der Waals surface area contributed by atoms with Crippen molar-refractivity contribution in [2.24, 2.45) is 0 Å². The number of hydrogen-bond acceptors (Lipinski definition) is 4. The van der Waals surface area contributed by atoms with Gasteiger partial charge in [0.2, 0.25) is 0 Å². The van der Waals surface area contributed by atoms with E-state index in [1.165, 1.54) is 0 Å². The van der Waals surface area contributed by atoms with E-state index in [0.29, 0.717) is 19.6 Å². The molecule has 0 spiro atoms. The summed E-state index contributed by atoms with van der Waals surface area (Å²) in [5, 5.41) is 21.2. The normalized spacial score (nSPS) is 13.5. The van der Waals surface area contributed by atoms with Crippen LogP contribution in [0.3, 0.4) is 0 Å². The van der Waals surface area contributed by atoms with E-state index in [9.17, 15) is 0 Å². The van der Waals surface area contributed by atoms with Gasteiger partial charge in [-0.15, -0.1) is 0 Å². The molecule has 1 unspecified atom stereocenters. The summed E-state index contributed by atoms with van der Waals surface area (Å²) < 4.78 is 0. The molecular formula is C7H12O2S2Se. The quantitative estimate of drug-likeness (QED) is 0.536. The maximum absolute atomic E-state index is 8.95. The Hall–Kier alpha value is 0.619. The fraction of sp³-hybridized carbons (Fsp3) is 0.429. The van der Waals surface area contributed by atoms with Crippen LogP contribution in [0.25, 0.3) is 0 Å². The van der Waals surface area contributed by atoms with Crippen molar-refractivity contribution in [2.45, 2.75) is 6.10 Å². The van der Waals surface area contributed by atoms with Crippen molar-refractivity contribution in [1.29, 1.82) is 0 Å². The third-order valence-corrected chi connectivity index (χ3v) is 5.17. The maximum atomic E-state index is 8.95. The van der Waals surface area contributed by atoms with Gasteiger partial charge in [-0.1, -0.05) is 0 Å². The first kappa shape index (κ1) is 12.6. The first-order valence-corrected chi connectivity index (χ1v) is 8.24. The van der Waals surface area contributed by atoms with E-state index < -0.39 is 6.10 Å². The summed E-state index contributed by atoms with van der Waals surface area (Å²) in [6.45, 7) is 3.41. The van der Waals surface area contributed by atoms with Crippen LogP contribution >= 0.6 is 21.9 Å². The number of rotatable bonds is 7. The zero-order chi connectivity index (χ0) is 9.23. The van der Waals surface area contributed by atoms with E-state index in [1.807, 2.05) is 5.41 Å². The Labute approximate surface area is 86.7 Å². The van der Waals surface area contributed by atoms with E-state index in [0.717, 1.165) is 0 Å². The SMILES string of the molecule is C=CS/C=C\[Se]SCC(O)CO. The first-order chi connectivity index (χ1) is 5.81. The average molecular weight is 271 g/mol. The summed E-state index contributed by atoms with van der Waals surface area (Å²) in [4.78, 5) is 2.06. The predicted molar refractivity (Wildman–Crippen MR) is 58.2 cm³/mol. The number of aliphatic hydroxyl groups excluding tert-OH is 2. The van der Waals surface area contributed by atoms with E-state index >= 15 is 0 Å². The van der Waals surface area contributed by atoms with Gasteiger partial charge in [-0.25, -0.2) is 0 Å². The minimum atomic E-state index is -0.572.